The van der Waals surface area contributed by atoms with Crippen molar-refractivity contribution >= 4 is 17.8 Å². The average molecular weight is 397 g/mol. The highest BCUT2D eigenvalue weighted by atomic mass is 19.1. The van der Waals surface area contributed by atoms with Gasteiger partial charge in [0.1, 0.15) is 23.4 Å². The van der Waals surface area contributed by atoms with E-state index in [1.54, 1.807) is 11.8 Å². The molecular formula is C22H20FNO5. The van der Waals surface area contributed by atoms with E-state index in [9.17, 15) is 24.2 Å². The summed E-state index contributed by atoms with van der Waals surface area (Å²) in [5.41, 5.74) is 1.94. The van der Waals surface area contributed by atoms with Crippen LogP contribution < -0.4 is 4.74 Å². The van der Waals surface area contributed by atoms with Gasteiger partial charge in [-0.15, -0.1) is 0 Å². The minimum atomic E-state index is -0.903. The first-order valence-corrected chi connectivity index (χ1v) is 9.37. The molecule has 0 amide bonds. The SMILES string of the molecule is Cc1cc(O)c(CN2CCCC2C(=O)O)c2c1C(=O)/C(=C/c1ccc(F)cc1)O2. The van der Waals surface area contributed by atoms with Gasteiger partial charge in [0.05, 0.1) is 11.1 Å². The largest absolute Gasteiger partial charge is 0.507 e. The Kier molecular flexibility index (Phi) is 4.84. The van der Waals surface area contributed by atoms with Crippen LogP contribution in [0, 0.1) is 12.7 Å². The quantitative estimate of drug-likeness (QED) is 0.768. The molecule has 7 heteroatoms. The standard InChI is InChI=1S/C22H20FNO5/c1-12-9-17(25)15(11-24-8-2-3-16(24)22(27)28)21-19(12)20(26)18(29-21)10-13-4-6-14(23)7-5-13/h4-7,9-10,16,25H,2-3,8,11H2,1H3,(H,27,28)/b18-10-. The molecule has 1 saturated heterocycles. The predicted octanol–water partition coefficient (Wildman–Crippen LogP) is 3.50. The van der Waals surface area contributed by atoms with Crippen LogP contribution in [0.5, 0.6) is 11.5 Å². The molecule has 0 radical (unpaired) electrons. The first-order chi connectivity index (χ1) is 13.8. The van der Waals surface area contributed by atoms with Crippen molar-refractivity contribution < 1.29 is 28.9 Å². The second-order valence-corrected chi connectivity index (χ2v) is 7.35. The molecule has 2 aliphatic heterocycles. The highest BCUT2D eigenvalue weighted by Gasteiger charge is 2.36. The van der Waals surface area contributed by atoms with Crippen molar-refractivity contribution in [2.45, 2.75) is 32.4 Å². The van der Waals surface area contributed by atoms with Crippen LogP contribution in [0.4, 0.5) is 4.39 Å². The topological polar surface area (TPSA) is 87.1 Å². The van der Waals surface area contributed by atoms with Crippen LogP contribution in [0.15, 0.2) is 36.1 Å². The summed E-state index contributed by atoms with van der Waals surface area (Å²) in [5, 5.41) is 19.9. The van der Waals surface area contributed by atoms with E-state index in [-0.39, 0.29) is 35.4 Å². The molecule has 1 atom stereocenters. The number of hydrogen-bond donors (Lipinski definition) is 2. The van der Waals surface area contributed by atoms with Crippen LogP contribution in [0.25, 0.3) is 6.08 Å². The van der Waals surface area contributed by atoms with E-state index in [2.05, 4.69) is 0 Å². The lowest BCUT2D eigenvalue weighted by molar-refractivity contribution is -0.142. The van der Waals surface area contributed by atoms with Crippen molar-refractivity contribution in [2.75, 3.05) is 6.54 Å². The number of rotatable bonds is 4. The van der Waals surface area contributed by atoms with Gasteiger partial charge in [0.25, 0.3) is 0 Å². The Balaban J connectivity index is 1.71. The van der Waals surface area contributed by atoms with Gasteiger partial charge in [-0.3, -0.25) is 14.5 Å². The van der Waals surface area contributed by atoms with Crippen molar-refractivity contribution in [3.63, 3.8) is 0 Å². The van der Waals surface area contributed by atoms with E-state index in [4.69, 9.17) is 4.74 Å². The molecule has 0 saturated carbocycles. The van der Waals surface area contributed by atoms with Crippen molar-refractivity contribution in [1.29, 1.82) is 0 Å². The Morgan fingerprint density at radius 3 is 2.76 bits per heavy atom. The maximum atomic E-state index is 13.1. The second-order valence-electron chi connectivity index (χ2n) is 7.35. The van der Waals surface area contributed by atoms with Gasteiger partial charge in [-0.2, -0.15) is 0 Å². The minimum absolute atomic E-state index is 0.0341. The minimum Gasteiger partial charge on any atom is -0.507 e. The summed E-state index contributed by atoms with van der Waals surface area (Å²) in [7, 11) is 0. The molecule has 0 bridgehead atoms. The van der Waals surface area contributed by atoms with Crippen LogP contribution in [-0.4, -0.2) is 39.5 Å². The fourth-order valence-corrected chi connectivity index (χ4v) is 3.94. The van der Waals surface area contributed by atoms with Crippen LogP contribution >= 0.6 is 0 Å². The summed E-state index contributed by atoms with van der Waals surface area (Å²) in [4.78, 5) is 26.2. The van der Waals surface area contributed by atoms with E-state index in [1.807, 2.05) is 0 Å². The normalized spacial score (nSPS) is 20.1. The highest BCUT2D eigenvalue weighted by Crippen LogP contribution is 2.43. The molecule has 2 aromatic carbocycles. The third-order valence-electron chi connectivity index (χ3n) is 5.40. The summed E-state index contributed by atoms with van der Waals surface area (Å²) < 4.78 is 19.0. The van der Waals surface area contributed by atoms with E-state index < -0.39 is 12.0 Å². The molecule has 1 fully saturated rings. The number of carbonyl (C=O) groups excluding carboxylic acids is 1. The molecule has 2 aromatic rings. The molecule has 2 aliphatic rings. The summed E-state index contributed by atoms with van der Waals surface area (Å²) >= 11 is 0. The molecule has 0 spiro atoms. The lowest BCUT2D eigenvalue weighted by atomic mass is 9.99. The van der Waals surface area contributed by atoms with Crippen LogP contribution in [0.1, 0.15) is 39.9 Å². The van der Waals surface area contributed by atoms with Gasteiger partial charge in [-0.05, 0) is 61.7 Å². The number of nitrogens with zero attached hydrogens (tertiary/aromatic N) is 1. The predicted molar refractivity (Wildman–Crippen MR) is 103 cm³/mol. The van der Waals surface area contributed by atoms with Crippen LogP contribution in [0.3, 0.4) is 0 Å². The van der Waals surface area contributed by atoms with Crippen molar-refractivity contribution in [2.24, 2.45) is 0 Å². The lowest BCUT2D eigenvalue weighted by Gasteiger charge is -2.22. The second kappa shape index (κ2) is 7.33. The smallest absolute Gasteiger partial charge is 0.320 e. The lowest BCUT2D eigenvalue weighted by Crippen LogP contribution is -2.35. The van der Waals surface area contributed by atoms with Crippen molar-refractivity contribution in [3.05, 3.63) is 64.2 Å². The maximum Gasteiger partial charge on any atom is 0.320 e. The molecule has 2 N–H and O–H groups in total. The van der Waals surface area contributed by atoms with Crippen molar-refractivity contribution in [1.82, 2.24) is 4.90 Å². The van der Waals surface area contributed by atoms with Crippen LogP contribution in [-0.2, 0) is 11.3 Å². The van der Waals surface area contributed by atoms with Crippen LogP contribution in [0.2, 0.25) is 0 Å². The number of fused-ring (bicyclic) bond motifs is 1. The molecule has 1 unspecified atom stereocenters. The first-order valence-electron chi connectivity index (χ1n) is 9.37. The number of phenolic OH excluding ortho intramolecular Hbond substituents is 1. The Morgan fingerprint density at radius 1 is 1.34 bits per heavy atom. The van der Waals surface area contributed by atoms with Gasteiger partial charge < -0.3 is 14.9 Å². The number of likely N-dealkylation sites (tertiary alicyclic amines) is 1. The third-order valence-corrected chi connectivity index (χ3v) is 5.40. The molecule has 6 nitrogen and oxygen atoms in total. The molecule has 2 heterocycles. The molecule has 29 heavy (non-hydrogen) atoms. The first kappa shape index (κ1) is 19.1. The van der Waals surface area contributed by atoms with Gasteiger partial charge in [0.2, 0.25) is 5.78 Å². The monoisotopic (exact) mass is 397 g/mol. The van der Waals surface area contributed by atoms with Gasteiger partial charge in [-0.25, -0.2) is 4.39 Å². The van der Waals surface area contributed by atoms with E-state index in [1.165, 1.54) is 36.4 Å². The molecule has 4 rings (SSSR count). The number of halogens is 1. The number of ether oxygens (including phenoxy) is 1. The number of ketones is 1. The Morgan fingerprint density at radius 2 is 2.07 bits per heavy atom. The van der Waals surface area contributed by atoms with Gasteiger partial charge in [-0.1, -0.05) is 12.1 Å². The molecule has 0 aromatic heterocycles. The molecule has 0 aliphatic carbocycles. The third kappa shape index (κ3) is 3.49. The number of aryl methyl sites for hydroxylation is 1. The fraction of sp³-hybridized carbons (Fsp3) is 0.273. The number of aromatic hydroxyl groups is 1. The number of hydrogen-bond acceptors (Lipinski definition) is 5. The number of carboxylic acid groups (broad SMARTS) is 1. The Labute approximate surface area is 166 Å². The summed E-state index contributed by atoms with van der Waals surface area (Å²) in [6, 6.07) is 6.53. The number of benzene rings is 2. The highest BCUT2D eigenvalue weighted by molar-refractivity contribution is 6.15. The maximum absolute atomic E-state index is 13.1. The average Bonchev–Trinajstić information content (AvgIpc) is 3.26. The number of carboxylic acids is 1. The van der Waals surface area contributed by atoms with Gasteiger partial charge in [0.15, 0.2) is 5.76 Å². The van der Waals surface area contributed by atoms with Crippen molar-refractivity contribution in [3.8, 4) is 11.5 Å². The number of allylic oxidation sites excluding steroid dienone is 1. The Hall–Kier alpha value is -3.19. The number of aliphatic carboxylic acids is 1. The number of phenols is 1. The zero-order chi connectivity index (χ0) is 20.7. The summed E-state index contributed by atoms with van der Waals surface area (Å²) in [6.45, 7) is 2.47. The summed E-state index contributed by atoms with van der Waals surface area (Å²) in [5.74, 6) is -1.29. The summed E-state index contributed by atoms with van der Waals surface area (Å²) in [6.07, 6.45) is 2.82. The van der Waals surface area contributed by atoms with E-state index >= 15 is 0 Å². The van der Waals surface area contributed by atoms with E-state index in [0.29, 0.717) is 35.2 Å². The molecule has 150 valence electrons. The molecular weight excluding hydrogens is 377 g/mol. The zero-order valence-corrected chi connectivity index (χ0v) is 15.8. The van der Waals surface area contributed by atoms with Gasteiger partial charge >= 0.3 is 5.97 Å². The fourth-order valence-electron chi connectivity index (χ4n) is 3.94. The zero-order valence-electron chi connectivity index (χ0n) is 15.8. The Bertz CT molecular complexity index is 1030. The van der Waals surface area contributed by atoms with Gasteiger partial charge in [0, 0.05) is 6.54 Å². The number of Topliss-reactive ketones (excluding diaryl/α,β-unsaturated/α-hetero) is 1. The number of carbonyl (C=O) groups is 2. The van der Waals surface area contributed by atoms with E-state index in [0.717, 1.165) is 6.42 Å².